The van der Waals surface area contributed by atoms with E-state index in [-0.39, 0.29) is 5.92 Å². The highest BCUT2D eigenvalue weighted by molar-refractivity contribution is 5.81. The Morgan fingerprint density at radius 1 is 1.00 bits per heavy atom. The van der Waals surface area contributed by atoms with Crippen molar-refractivity contribution in [2.24, 2.45) is 11.3 Å². The van der Waals surface area contributed by atoms with E-state index in [9.17, 15) is 4.79 Å². The number of unbranched alkanes of at least 4 members (excludes halogenated alkanes) is 1. The standard InChI is InChI=1S/C19H33NO4/c1-3-22-7-5-6-8-24-17-11-19(12-17)13-20(14-19)18(21)15-9-16(10-15)23-4-2/h15-17H,3-14H2,1-2H3. The number of rotatable bonds is 10. The zero-order valence-corrected chi connectivity index (χ0v) is 15.3. The summed E-state index contributed by atoms with van der Waals surface area (Å²) in [6.07, 6.45) is 7.01. The van der Waals surface area contributed by atoms with Gasteiger partial charge in [-0.2, -0.15) is 0 Å². The van der Waals surface area contributed by atoms with Crippen LogP contribution >= 0.6 is 0 Å². The van der Waals surface area contributed by atoms with Crippen LogP contribution in [0.15, 0.2) is 0 Å². The van der Waals surface area contributed by atoms with E-state index < -0.39 is 0 Å². The van der Waals surface area contributed by atoms with Crippen LogP contribution in [0.4, 0.5) is 0 Å². The molecule has 3 aliphatic rings. The second-order valence-corrected chi connectivity index (χ2v) is 7.75. The Morgan fingerprint density at radius 3 is 2.38 bits per heavy atom. The number of amides is 1. The highest BCUT2D eigenvalue weighted by Gasteiger charge is 2.55. The Kier molecular flexibility index (Phi) is 6.17. The molecule has 3 fully saturated rings. The number of hydrogen-bond donors (Lipinski definition) is 0. The first-order valence-corrected chi connectivity index (χ1v) is 9.75. The van der Waals surface area contributed by atoms with Crippen LogP contribution in [-0.2, 0) is 19.0 Å². The summed E-state index contributed by atoms with van der Waals surface area (Å²) in [4.78, 5) is 14.5. The molecule has 1 amide bonds. The van der Waals surface area contributed by atoms with Crippen molar-refractivity contribution in [3.63, 3.8) is 0 Å². The third kappa shape index (κ3) is 4.12. The number of nitrogens with zero attached hydrogens (tertiary/aromatic N) is 1. The van der Waals surface area contributed by atoms with Crippen molar-refractivity contribution in [3.8, 4) is 0 Å². The van der Waals surface area contributed by atoms with E-state index in [1.54, 1.807) is 0 Å². The van der Waals surface area contributed by atoms with Gasteiger partial charge in [0.15, 0.2) is 0 Å². The Balaban J connectivity index is 1.23. The maximum Gasteiger partial charge on any atom is 0.225 e. The zero-order chi connectivity index (χ0) is 17.0. The average Bonchev–Trinajstić information content (AvgIpc) is 2.45. The number of carbonyl (C=O) groups excluding carboxylic acids is 1. The van der Waals surface area contributed by atoms with Crippen molar-refractivity contribution < 1.29 is 19.0 Å². The molecule has 0 unspecified atom stereocenters. The first kappa shape index (κ1) is 18.2. The second-order valence-electron chi connectivity index (χ2n) is 7.75. The van der Waals surface area contributed by atoms with E-state index in [2.05, 4.69) is 4.90 Å². The molecule has 1 saturated heterocycles. The van der Waals surface area contributed by atoms with Crippen LogP contribution in [0.3, 0.4) is 0 Å². The lowest BCUT2D eigenvalue weighted by Gasteiger charge is -2.59. The smallest absolute Gasteiger partial charge is 0.225 e. The molecule has 5 nitrogen and oxygen atoms in total. The van der Waals surface area contributed by atoms with Crippen LogP contribution in [-0.4, -0.2) is 62.5 Å². The molecule has 1 aliphatic heterocycles. The molecule has 3 rings (SSSR count). The Bertz CT molecular complexity index is 408. The van der Waals surface area contributed by atoms with E-state index in [0.29, 0.717) is 23.5 Å². The Labute approximate surface area is 146 Å². The monoisotopic (exact) mass is 339 g/mol. The number of hydrogen-bond acceptors (Lipinski definition) is 4. The van der Waals surface area contributed by atoms with Gasteiger partial charge in [0.2, 0.25) is 5.91 Å². The van der Waals surface area contributed by atoms with Crippen molar-refractivity contribution in [1.82, 2.24) is 4.90 Å². The first-order valence-electron chi connectivity index (χ1n) is 9.75. The van der Waals surface area contributed by atoms with Gasteiger partial charge in [-0.1, -0.05) is 0 Å². The molecule has 24 heavy (non-hydrogen) atoms. The molecule has 0 radical (unpaired) electrons. The van der Waals surface area contributed by atoms with E-state index in [1.165, 1.54) is 0 Å². The van der Waals surface area contributed by atoms with Gasteiger partial charge in [0.05, 0.1) is 12.2 Å². The maximum absolute atomic E-state index is 12.4. The quantitative estimate of drug-likeness (QED) is 0.574. The fourth-order valence-electron chi connectivity index (χ4n) is 4.30. The predicted molar refractivity (Wildman–Crippen MR) is 91.9 cm³/mol. The van der Waals surface area contributed by atoms with Gasteiger partial charge in [-0.25, -0.2) is 0 Å². The lowest BCUT2D eigenvalue weighted by atomic mass is 9.61. The van der Waals surface area contributed by atoms with Crippen LogP contribution in [0.1, 0.15) is 52.4 Å². The number of likely N-dealkylation sites (tertiary alicyclic amines) is 1. The molecule has 0 bridgehead atoms. The summed E-state index contributed by atoms with van der Waals surface area (Å²) in [7, 11) is 0. The number of ether oxygens (including phenoxy) is 3. The fraction of sp³-hybridized carbons (Fsp3) is 0.947. The van der Waals surface area contributed by atoms with Crippen LogP contribution in [0.25, 0.3) is 0 Å². The van der Waals surface area contributed by atoms with Crippen LogP contribution in [0, 0.1) is 11.3 Å². The summed E-state index contributed by atoms with van der Waals surface area (Å²) in [5.41, 5.74) is 0.384. The van der Waals surface area contributed by atoms with Crippen molar-refractivity contribution in [1.29, 1.82) is 0 Å². The van der Waals surface area contributed by atoms with E-state index in [0.717, 1.165) is 78.0 Å². The van der Waals surface area contributed by atoms with Crippen LogP contribution in [0.2, 0.25) is 0 Å². The molecule has 138 valence electrons. The molecule has 1 spiro atoms. The first-order chi connectivity index (χ1) is 11.7. The fourth-order valence-corrected chi connectivity index (χ4v) is 4.30. The minimum Gasteiger partial charge on any atom is -0.382 e. The van der Waals surface area contributed by atoms with Gasteiger partial charge in [0.25, 0.3) is 0 Å². The third-order valence-electron chi connectivity index (χ3n) is 5.77. The lowest BCUT2D eigenvalue weighted by molar-refractivity contribution is -0.180. The Morgan fingerprint density at radius 2 is 1.71 bits per heavy atom. The van der Waals surface area contributed by atoms with E-state index in [4.69, 9.17) is 14.2 Å². The lowest BCUT2D eigenvalue weighted by Crippen LogP contribution is -2.66. The minimum atomic E-state index is 0.219. The van der Waals surface area contributed by atoms with Gasteiger partial charge in [-0.05, 0) is 52.4 Å². The van der Waals surface area contributed by atoms with Crippen molar-refractivity contribution in [2.45, 2.75) is 64.6 Å². The summed E-state index contributed by atoms with van der Waals surface area (Å²) >= 11 is 0. The molecular formula is C19H33NO4. The molecule has 0 aromatic heterocycles. The highest BCUT2D eigenvalue weighted by atomic mass is 16.5. The van der Waals surface area contributed by atoms with Gasteiger partial charge in [-0.15, -0.1) is 0 Å². The van der Waals surface area contributed by atoms with Gasteiger partial charge >= 0.3 is 0 Å². The molecular weight excluding hydrogens is 306 g/mol. The zero-order valence-electron chi connectivity index (χ0n) is 15.3. The molecule has 2 aliphatic carbocycles. The summed E-state index contributed by atoms with van der Waals surface area (Å²) in [6, 6.07) is 0. The molecule has 5 heteroatoms. The van der Waals surface area contributed by atoms with Crippen LogP contribution in [0.5, 0.6) is 0 Å². The number of carbonyl (C=O) groups is 1. The normalized spacial score (nSPS) is 28.3. The average molecular weight is 339 g/mol. The van der Waals surface area contributed by atoms with Crippen molar-refractivity contribution in [2.75, 3.05) is 39.5 Å². The molecule has 0 N–H and O–H groups in total. The van der Waals surface area contributed by atoms with Gasteiger partial charge in [0, 0.05) is 50.8 Å². The molecule has 0 aromatic rings. The highest BCUT2D eigenvalue weighted by Crippen LogP contribution is 2.50. The predicted octanol–water partition coefficient (Wildman–Crippen LogP) is 2.63. The van der Waals surface area contributed by atoms with Gasteiger partial charge in [-0.3, -0.25) is 4.79 Å². The topological polar surface area (TPSA) is 48.0 Å². The Hall–Kier alpha value is -0.650. The molecule has 2 saturated carbocycles. The maximum atomic E-state index is 12.4. The largest absolute Gasteiger partial charge is 0.382 e. The van der Waals surface area contributed by atoms with Crippen molar-refractivity contribution in [3.05, 3.63) is 0 Å². The summed E-state index contributed by atoms with van der Waals surface area (Å²) in [5, 5.41) is 0. The molecule has 0 atom stereocenters. The van der Waals surface area contributed by atoms with Crippen LogP contribution < -0.4 is 0 Å². The molecule has 0 aromatic carbocycles. The molecule has 1 heterocycles. The SMILES string of the molecule is CCOCCCCOC1CC2(C1)CN(C(=O)C1CC(OCC)C1)C2. The van der Waals surface area contributed by atoms with E-state index >= 15 is 0 Å². The summed E-state index contributed by atoms with van der Waals surface area (Å²) in [6.45, 7) is 9.19. The van der Waals surface area contributed by atoms with Gasteiger partial charge < -0.3 is 19.1 Å². The van der Waals surface area contributed by atoms with E-state index in [1.807, 2.05) is 13.8 Å². The third-order valence-corrected chi connectivity index (χ3v) is 5.77. The summed E-state index contributed by atoms with van der Waals surface area (Å²) < 4.78 is 16.8. The summed E-state index contributed by atoms with van der Waals surface area (Å²) in [5.74, 6) is 0.577. The second kappa shape index (κ2) is 8.15. The van der Waals surface area contributed by atoms with Crippen molar-refractivity contribution >= 4 is 5.91 Å². The van der Waals surface area contributed by atoms with Gasteiger partial charge in [0.1, 0.15) is 0 Å². The minimum absolute atomic E-state index is 0.219.